The van der Waals surface area contributed by atoms with Gasteiger partial charge in [0.25, 0.3) is 17.5 Å². The summed E-state index contributed by atoms with van der Waals surface area (Å²) in [7, 11) is 0. The average Bonchev–Trinajstić information content (AvgIpc) is 2.99. The van der Waals surface area contributed by atoms with Gasteiger partial charge in [0, 0.05) is 17.7 Å². The summed E-state index contributed by atoms with van der Waals surface area (Å²) in [5.74, 6) is -0.849. The second-order valence-corrected chi connectivity index (χ2v) is 5.73. The van der Waals surface area contributed by atoms with E-state index in [4.69, 9.17) is 28.2 Å². The third-order valence-electron chi connectivity index (χ3n) is 3.28. The zero-order chi connectivity index (χ0) is 18.1. The Hall–Kier alpha value is -3.04. The van der Waals surface area contributed by atoms with Gasteiger partial charge in [-0.1, -0.05) is 11.6 Å². The third-order valence-corrected chi connectivity index (χ3v) is 3.82. The highest BCUT2D eigenvalue weighted by molar-refractivity contribution is 7.80. The Morgan fingerprint density at radius 2 is 1.84 bits per heavy atom. The molecule has 0 bridgehead atoms. The lowest BCUT2D eigenvalue weighted by Crippen LogP contribution is -2.51. The largest absolute Gasteiger partial charge is 0.457 e. The fourth-order valence-corrected chi connectivity index (χ4v) is 2.54. The van der Waals surface area contributed by atoms with E-state index < -0.39 is 16.7 Å². The monoisotopic (exact) mass is 377 g/mol. The van der Waals surface area contributed by atoms with Crippen LogP contribution in [0.3, 0.4) is 0 Å². The molecule has 1 aromatic carbocycles. The van der Waals surface area contributed by atoms with Gasteiger partial charge in [0.05, 0.1) is 9.95 Å². The molecule has 1 aliphatic rings. The van der Waals surface area contributed by atoms with Crippen LogP contribution in [0.25, 0.3) is 17.4 Å². The van der Waals surface area contributed by atoms with E-state index in [9.17, 15) is 19.7 Å². The van der Waals surface area contributed by atoms with Crippen molar-refractivity contribution in [2.24, 2.45) is 0 Å². The number of carbonyl (C=O) groups is 2. The molecule has 0 saturated carbocycles. The van der Waals surface area contributed by atoms with Gasteiger partial charge < -0.3 is 4.42 Å². The van der Waals surface area contributed by atoms with Crippen molar-refractivity contribution < 1.29 is 18.9 Å². The van der Waals surface area contributed by atoms with Gasteiger partial charge in [0.1, 0.15) is 17.1 Å². The van der Waals surface area contributed by atoms with Gasteiger partial charge >= 0.3 is 0 Å². The van der Waals surface area contributed by atoms with Gasteiger partial charge in [0.2, 0.25) is 0 Å². The highest BCUT2D eigenvalue weighted by Crippen LogP contribution is 2.33. The summed E-state index contributed by atoms with van der Waals surface area (Å²) in [6.45, 7) is 0. The minimum Gasteiger partial charge on any atom is -0.457 e. The topological polar surface area (TPSA) is 114 Å². The fraction of sp³-hybridized carbons (Fsp3) is 0. The first-order valence-corrected chi connectivity index (χ1v) is 7.56. The van der Waals surface area contributed by atoms with Crippen molar-refractivity contribution in [1.82, 2.24) is 10.6 Å². The van der Waals surface area contributed by atoms with E-state index >= 15 is 0 Å². The van der Waals surface area contributed by atoms with E-state index in [1.165, 1.54) is 36.4 Å². The molecule has 2 aromatic rings. The average molecular weight is 378 g/mol. The predicted octanol–water partition coefficient (Wildman–Crippen LogP) is 2.42. The van der Waals surface area contributed by atoms with E-state index in [1.807, 2.05) is 0 Å². The first-order valence-electron chi connectivity index (χ1n) is 6.77. The summed E-state index contributed by atoms with van der Waals surface area (Å²) in [6.07, 6.45) is 1.24. The molecule has 8 nitrogen and oxygen atoms in total. The molecule has 25 heavy (non-hydrogen) atoms. The van der Waals surface area contributed by atoms with Crippen molar-refractivity contribution in [1.29, 1.82) is 0 Å². The van der Waals surface area contributed by atoms with Crippen molar-refractivity contribution in [2.45, 2.75) is 0 Å². The van der Waals surface area contributed by atoms with Crippen LogP contribution in [0.1, 0.15) is 5.76 Å². The molecule has 0 unspecified atom stereocenters. The van der Waals surface area contributed by atoms with Gasteiger partial charge in [-0.2, -0.15) is 0 Å². The molecule has 1 aliphatic heterocycles. The minimum atomic E-state index is -0.653. The summed E-state index contributed by atoms with van der Waals surface area (Å²) in [4.78, 5) is 33.9. The number of hydrogen-bond donors (Lipinski definition) is 2. The Morgan fingerprint density at radius 1 is 1.16 bits per heavy atom. The molecular weight excluding hydrogens is 370 g/mol. The molecule has 2 N–H and O–H groups in total. The van der Waals surface area contributed by atoms with Crippen LogP contribution in [0.15, 0.2) is 40.3 Å². The first kappa shape index (κ1) is 16.8. The molecule has 0 spiro atoms. The van der Waals surface area contributed by atoms with Crippen LogP contribution in [0.4, 0.5) is 5.69 Å². The van der Waals surface area contributed by atoms with E-state index in [-0.39, 0.29) is 32.9 Å². The van der Waals surface area contributed by atoms with E-state index in [0.29, 0.717) is 5.56 Å². The first-order chi connectivity index (χ1) is 11.8. The molecule has 1 saturated heterocycles. The normalized spacial score (nSPS) is 14.1. The molecule has 10 heteroatoms. The Labute approximate surface area is 150 Å². The SMILES string of the molecule is O=C1NC(=S)NC(=O)C1=Cc1ccc(-c2cc([N+](=O)[O-])ccc2Cl)o1. The molecule has 2 amide bonds. The molecule has 1 aromatic heterocycles. The number of non-ortho nitro benzene ring substituents is 1. The summed E-state index contributed by atoms with van der Waals surface area (Å²) in [5, 5.41) is 15.7. The van der Waals surface area contributed by atoms with Crippen LogP contribution >= 0.6 is 23.8 Å². The number of thiocarbonyl (C=S) groups is 1. The number of nitrogens with one attached hydrogen (secondary N) is 2. The minimum absolute atomic E-state index is 0.0735. The number of hydrogen-bond acceptors (Lipinski definition) is 6. The van der Waals surface area contributed by atoms with Gasteiger partial charge in [-0.05, 0) is 36.5 Å². The molecular formula is C15H8ClN3O5S. The third kappa shape index (κ3) is 3.42. The lowest BCUT2D eigenvalue weighted by molar-refractivity contribution is -0.384. The molecule has 0 aliphatic carbocycles. The zero-order valence-corrected chi connectivity index (χ0v) is 13.8. The number of nitro benzene ring substituents is 1. The highest BCUT2D eigenvalue weighted by atomic mass is 35.5. The maximum absolute atomic E-state index is 11.8. The van der Waals surface area contributed by atoms with Crippen LogP contribution in [-0.2, 0) is 9.59 Å². The fourth-order valence-electron chi connectivity index (χ4n) is 2.14. The van der Waals surface area contributed by atoms with Crippen LogP contribution in [0, 0.1) is 10.1 Å². The summed E-state index contributed by atoms with van der Waals surface area (Å²) >= 11 is 10.8. The van der Waals surface area contributed by atoms with Crippen molar-refractivity contribution in [3.63, 3.8) is 0 Å². The molecule has 1 fully saturated rings. The summed E-state index contributed by atoms with van der Waals surface area (Å²) in [5.41, 5.74) is -0.00543. The smallest absolute Gasteiger partial charge is 0.270 e. The molecule has 2 heterocycles. The van der Waals surface area contributed by atoms with Gasteiger partial charge in [-0.3, -0.25) is 30.3 Å². The molecule has 3 rings (SSSR count). The summed E-state index contributed by atoms with van der Waals surface area (Å²) in [6, 6.07) is 6.97. The number of halogens is 1. The number of amides is 2. The zero-order valence-electron chi connectivity index (χ0n) is 12.2. The summed E-state index contributed by atoms with van der Waals surface area (Å²) < 4.78 is 5.54. The molecule has 0 atom stereocenters. The van der Waals surface area contributed by atoms with E-state index in [0.717, 1.165) is 0 Å². The second kappa shape index (κ2) is 6.46. The van der Waals surface area contributed by atoms with E-state index in [2.05, 4.69) is 10.6 Å². The Balaban J connectivity index is 1.96. The lowest BCUT2D eigenvalue weighted by atomic mass is 10.1. The Bertz CT molecular complexity index is 944. The van der Waals surface area contributed by atoms with Crippen LogP contribution in [0.2, 0.25) is 5.02 Å². The van der Waals surface area contributed by atoms with Crippen molar-refractivity contribution in [2.75, 3.05) is 0 Å². The number of furan rings is 1. The van der Waals surface area contributed by atoms with Crippen LogP contribution in [-0.4, -0.2) is 21.9 Å². The number of nitrogens with zero attached hydrogens (tertiary/aromatic N) is 1. The van der Waals surface area contributed by atoms with Crippen LogP contribution in [0.5, 0.6) is 0 Å². The second-order valence-electron chi connectivity index (χ2n) is 4.92. The Morgan fingerprint density at radius 3 is 2.48 bits per heavy atom. The Kier molecular flexibility index (Phi) is 4.34. The lowest BCUT2D eigenvalue weighted by Gasteiger charge is -2.15. The van der Waals surface area contributed by atoms with Gasteiger partial charge in [-0.25, -0.2) is 0 Å². The molecule has 0 radical (unpaired) electrons. The van der Waals surface area contributed by atoms with Crippen molar-refractivity contribution in [3.8, 4) is 11.3 Å². The van der Waals surface area contributed by atoms with Crippen molar-refractivity contribution in [3.05, 3.63) is 56.8 Å². The maximum atomic E-state index is 11.8. The van der Waals surface area contributed by atoms with E-state index in [1.54, 1.807) is 0 Å². The quantitative estimate of drug-likeness (QED) is 0.279. The predicted molar refractivity (Wildman–Crippen MR) is 92.7 cm³/mol. The molecule has 126 valence electrons. The number of benzene rings is 1. The van der Waals surface area contributed by atoms with Gasteiger partial charge in [-0.15, -0.1) is 0 Å². The highest BCUT2D eigenvalue weighted by Gasteiger charge is 2.26. The van der Waals surface area contributed by atoms with Gasteiger partial charge in [0.15, 0.2) is 5.11 Å². The van der Waals surface area contributed by atoms with Crippen LogP contribution < -0.4 is 10.6 Å². The number of rotatable bonds is 3. The van der Waals surface area contributed by atoms with Crippen molar-refractivity contribution >= 4 is 52.5 Å². The standard InChI is InChI=1S/C15H8ClN3O5S/c16-11-3-1-7(19(22)23)5-9(11)12-4-2-8(24-12)6-10-13(20)17-15(25)18-14(10)21/h1-6H,(H2,17,18,20,21,25). The maximum Gasteiger partial charge on any atom is 0.270 e. The number of carbonyl (C=O) groups excluding carboxylic acids is 2. The number of nitro groups is 1.